The van der Waals surface area contributed by atoms with Crippen LogP contribution in [-0.4, -0.2) is 30.9 Å². The van der Waals surface area contributed by atoms with E-state index in [2.05, 4.69) is 41.9 Å². The predicted octanol–water partition coefficient (Wildman–Crippen LogP) is 3.12. The fourth-order valence-electron chi connectivity index (χ4n) is 1.22. The first-order valence-electron chi connectivity index (χ1n) is 5.31. The Hall–Kier alpha value is -0.120. The summed E-state index contributed by atoms with van der Waals surface area (Å²) >= 11 is 3.83. The van der Waals surface area contributed by atoms with Crippen LogP contribution in [0.4, 0.5) is 0 Å². The highest BCUT2D eigenvalue weighted by Crippen LogP contribution is 2.15. The van der Waals surface area contributed by atoms with Crippen molar-refractivity contribution in [3.05, 3.63) is 30.3 Å². The van der Waals surface area contributed by atoms with Gasteiger partial charge in [0.25, 0.3) is 0 Å². The number of nitrogens with one attached hydrogen (secondary N) is 1. The number of thioether (sulfide) groups is 2. The van der Waals surface area contributed by atoms with E-state index < -0.39 is 0 Å². The Kier molecular flexibility index (Phi) is 7.88. The summed E-state index contributed by atoms with van der Waals surface area (Å²) in [5, 5.41) is 3.46. The molecule has 1 rings (SSSR count). The van der Waals surface area contributed by atoms with Gasteiger partial charge in [0.05, 0.1) is 0 Å². The van der Waals surface area contributed by atoms with Gasteiger partial charge in [-0.2, -0.15) is 11.8 Å². The molecule has 1 N–H and O–H groups in total. The van der Waals surface area contributed by atoms with Crippen LogP contribution in [0, 0.1) is 0 Å². The Morgan fingerprint density at radius 2 is 1.87 bits per heavy atom. The van der Waals surface area contributed by atoms with Crippen molar-refractivity contribution in [3.63, 3.8) is 0 Å². The molecule has 0 fully saturated rings. The Morgan fingerprint density at radius 3 is 2.60 bits per heavy atom. The van der Waals surface area contributed by atoms with Crippen molar-refractivity contribution in [2.45, 2.75) is 11.3 Å². The molecule has 0 unspecified atom stereocenters. The van der Waals surface area contributed by atoms with Gasteiger partial charge in [-0.15, -0.1) is 11.8 Å². The highest BCUT2D eigenvalue weighted by molar-refractivity contribution is 7.99. The van der Waals surface area contributed by atoms with E-state index in [0.29, 0.717) is 0 Å². The smallest absolute Gasteiger partial charge is 0.0106 e. The molecule has 0 aliphatic carbocycles. The maximum atomic E-state index is 3.46. The molecule has 1 aromatic rings. The maximum absolute atomic E-state index is 3.46. The normalized spacial score (nSPS) is 10.5. The van der Waals surface area contributed by atoms with Crippen molar-refractivity contribution in [2.24, 2.45) is 0 Å². The molecule has 0 saturated carbocycles. The monoisotopic (exact) mass is 241 g/mol. The van der Waals surface area contributed by atoms with Gasteiger partial charge in [0, 0.05) is 17.2 Å². The lowest BCUT2D eigenvalue weighted by Gasteiger charge is -2.03. The Balaban J connectivity index is 1.93. The van der Waals surface area contributed by atoms with Gasteiger partial charge >= 0.3 is 0 Å². The van der Waals surface area contributed by atoms with Crippen molar-refractivity contribution < 1.29 is 0 Å². The zero-order chi connectivity index (χ0) is 10.8. The molecular formula is C12H19NS2. The third kappa shape index (κ3) is 6.88. The van der Waals surface area contributed by atoms with Crippen molar-refractivity contribution in [1.29, 1.82) is 0 Å². The molecule has 0 radical (unpaired) electrons. The second-order valence-electron chi connectivity index (χ2n) is 3.26. The van der Waals surface area contributed by atoms with Gasteiger partial charge in [-0.05, 0) is 37.1 Å². The van der Waals surface area contributed by atoms with Gasteiger partial charge < -0.3 is 5.32 Å². The predicted molar refractivity (Wildman–Crippen MR) is 73.0 cm³/mol. The molecule has 0 aliphatic heterocycles. The summed E-state index contributed by atoms with van der Waals surface area (Å²) in [4.78, 5) is 1.36. The summed E-state index contributed by atoms with van der Waals surface area (Å²) in [5.74, 6) is 2.42. The average Bonchev–Trinajstić information content (AvgIpc) is 2.29. The summed E-state index contributed by atoms with van der Waals surface area (Å²) in [5.41, 5.74) is 0. The van der Waals surface area contributed by atoms with Gasteiger partial charge in [-0.1, -0.05) is 18.2 Å². The third-order valence-corrected chi connectivity index (χ3v) is 3.70. The lowest BCUT2D eigenvalue weighted by molar-refractivity contribution is 0.712. The molecule has 84 valence electrons. The van der Waals surface area contributed by atoms with E-state index in [4.69, 9.17) is 0 Å². The second kappa shape index (κ2) is 9.13. The molecule has 0 spiro atoms. The molecular weight excluding hydrogens is 222 g/mol. The summed E-state index contributed by atoms with van der Waals surface area (Å²) < 4.78 is 0. The Morgan fingerprint density at radius 1 is 1.07 bits per heavy atom. The van der Waals surface area contributed by atoms with Crippen LogP contribution >= 0.6 is 23.5 Å². The summed E-state index contributed by atoms with van der Waals surface area (Å²) in [6.07, 6.45) is 3.43. The SMILES string of the molecule is CSCCCNCCSc1ccccc1. The molecule has 0 aromatic heterocycles. The first kappa shape index (κ1) is 12.9. The molecule has 0 amide bonds. The summed E-state index contributed by atoms with van der Waals surface area (Å²) in [6.45, 7) is 2.25. The second-order valence-corrected chi connectivity index (χ2v) is 5.41. The molecule has 0 atom stereocenters. The third-order valence-electron chi connectivity index (χ3n) is 1.99. The van der Waals surface area contributed by atoms with E-state index in [0.717, 1.165) is 18.8 Å². The average molecular weight is 241 g/mol. The molecule has 15 heavy (non-hydrogen) atoms. The van der Waals surface area contributed by atoms with Crippen LogP contribution in [0.3, 0.4) is 0 Å². The van der Waals surface area contributed by atoms with Gasteiger partial charge in [0.15, 0.2) is 0 Å². The molecule has 0 aliphatic rings. The first-order chi connectivity index (χ1) is 7.43. The van der Waals surface area contributed by atoms with Crippen LogP contribution in [0.2, 0.25) is 0 Å². The van der Waals surface area contributed by atoms with Crippen LogP contribution in [-0.2, 0) is 0 Å². The van der Waals surface area contributed by atoms with E-state index >= 15 is 0 Å². The lowest BCUT2D eigenvalue weighted by Crippen LogP contribution is -2.18. The van der Waals surface area contributed by atoms with Crippen LogP contribution in [0.1, 0.15) is 6.42 Å². The molecule has 0 heterocycles. The molecule has 0 saturated heterocycles. The van der Waals surface area contributed by atoms with Crippen molar-refractivity contribution in [2.75, 3.05) is 30.9 Å². The largest absolute Gasteiger partial charge is 0.316 e. The Bertz CT molecular complexity index is 239. The fraction of sp³-hybridized carbons (Fsp3) is 0.500. The van der Waals surface area contributed by atoms with Crippen molar-refractivity contribution in [1.82, 2.24) is 5.32 Å². The van der Waals surface area contributed by atoms with Crippen LogP contribution in [0.25, 0.3) is 0 Å². The standard InChI is InChI=1S/C12H19NS2/c1-14-10-5-8-13-9-11-15-12-6-3-2-4-7-12/h2-4,6-7,13H,5,8-11H2,1H3. The van der Waals surface area contributed by atoms with Crippen LogP contribution in [0.5, 0.6) is 0 Å². The van der Waals surface area contributed by atoms with E-state index in [1.807, 2.05) is 23.5 Å². The number of rotatable bonds is 8. The minimum atomic E-state index is 1.11. The van der Waals surface area contributed by atoms with Crippen molar-refractivity contribution in [3.8, 4) is 0 Å². The topological polar surface area (TPSA) is 12.0 Å². The van der Waals surface area contributed by atoms with Crippen LogP contribution in [0.15, 0.2) is 35.2 Å². The van der Waals surface area contributed by atoms with E-state index in [1.54, 1.807) is 0 Å². The molecule has 3 heteroatoms. The van der Waals surface area contributed by atoms with E-state index in [-0.39, 0.29) is 0 Å². The van der Waals surface area contributed by atoms with E-state index in [9.17, 15) is 0 Å². The zero-order valence-electron chi connectivity index (χ0n) is 9.24. The van der Waals surface area contributed by atoms with Crippen molar-refractivity contribution >= 4 is 23.5 Å². The lowest BCUT2D eigenvalue weighted by atomic mass is 10.4. The van der Waals surface area contributed by atoms with Gasteiger partial charge in [-0.3, -0.25) is 0 Å². The Labute approximate surface area is 101 Å². The minimum Gasteiger partial charge on any atom is -0.316 e. The zero-order valence-corrected chi connectivity index (χ0v) is 10.9. The number of benzene rings is 1. The van der Waals surface area contributed by atoms with E-state index in [1.165, 1.54) is 17.1 Å². The first-order valence-corrected chi connectivity index (χ1v) is 7.69. The van der Waals surface area contributed by atoms with Gasteiger partial charge in [0.1, 0.15) is 0 Å². The van der Waals surface area contributed by atoms with Gasteiger partial charge in [-0.25, -0.2) is 0 Å². The molecule has 1 aromatic carbocycles. The number of hydrogen-bond donors (Lipinski definition) is 1. The molecule has 0 bridgehead atoms. The number of hydrogen-bond acceptors (Lipinski definition) is 3. The summed E-state index contributed by atoms with van der Waals surface area (Å²) in [6, 6.07) is 10.6. The fourth-order valence-corrected chi connectivity index (χ4v) is 2.49. The summed E-state index contributed by atoms with van der Waals surface area (Å²) in [7, 11) is 0. The maximum Gasteiger partial charge on any atom is 0.0106 e. The quantitative estimate of drug-likeness (QED) is 0.555. The van der Waals surface area contributed by atoms with Crippen LogP contribution < -0.4 is 5.32 Å². The molecule has 1 nitrogen and oxygen atoms in total. The highest BCUT2D eigenvalue weighted by atomic mass is 32.2. The highest BCUT2D eigenvalue weighted by Gasteiger charge is 1.92. The minimum absolute atomic E-state index is 1.11. The van der Waals surface area contributed by atoms with Gasteiger partial charge in [0.2, 0.25) is 0 Å².